The molecule has 7 heteroatoms. The fourth-order valence-electron chi connectivity index (χ4n) is 3.33. The number of nitriles is 1. The molecule has 1 aromatic heterocycles. The van der Waals surface area contributed by atoms with E-state index < -0.39 is 5.91 Å². The summed E-state index contributed by atoms with van der Waals surface area (Å²) in [6.45, 7) is 3.87. The molecule has 0 atom stereocenters. The molecule has 0 aliphatic carbocycles. The van der Waals surface area contributed by atoms with Crippen molar-refractivity contribution >= 4 is 29.3 Å². The Morgan fingerprint density at radius 3 is 2.55 bits per heavy atom. The van der Waals surface area contributed by atoms with Gasteiger partial charge >= 0.3 is 0 Å². The minimum atomic E-state index is -0.493. The summed E-state index contributed by atoms with van der Waals surface area (Å²) in [5.74, 6) is 0.712. The van der Waals surface area contributed by atoms with Gasteiger partial charge in [0, 0.05) is 28.8 Å². The van der Waals surface area contributed by atoms with Crippen molar-refractivity contribution in [3.63, 3.8) is 0 Å². The molecule has 0 bridgehead atoms. The molecule has 31 heavy (non-hydrogen) atoms. The van der Waals surface area contributed by atoms with Gasteiger partial charge in [-0.2, -0.15) is 5.26 Å². The number of hydrogen-bond acceptors (Lipinski definition) is 4. The van der Waals surface area contributed by atoms with E-state index in [-0.39, 0.29) is 5.57 Å². The van der Waals surface area contributed by atoms with Gasteiger partial charge in [-0.15, -0.1) is 0 Å². The molecule has 0 radical (unpaired) electrons. The third-order valence-electron chi connectivity index (χ3n) is 4.86. The van der Waals surface area contributed by atoms with Crippen LogP contribution in [0.4, 0.5) is 5.69 Å². The van der Waals surface area contributed by atoms with Gasteiger partial charge in [-0.05, 0) is 61.9 Å². The third kappa shape index (κ3) is 4.73. The number of aryl methyl sites for hydroxylation is 1. The quantitative estimate of drug-likeness (QED) is 0.420. The normalized spacial score (nSPS) is 11.0. The SMILES string of the molecule is COc1cccc(NC(=O)/C(C#N)=C\c2cc(C)n(-c3ccc(OC)c(Cl)c3)c2C)c1. The van der Waals surface area contributed by atoms with Gasteiger partial charge in [0.1, 0.15) is 23.1 Å². The number of methoxy groups -OCH3 is 2. The predicted molar refractivity (Wildman–Crippen MR) is 122 cm³/mol. The van der Waals surface area contributed by atoms with Crippen molar-refractivity contribution in [2.24, 2.45) is 0 Å². The van der Waals surface area contributed by atoms with Crippen molar-refractivity contribution in [3.05, 3.63) is 76.1 Å². The number of benzene rings is 2. The van der Waals surface area contributed by atoms with E-state index in [1.807, 2.05) is 42.7 Å². The second kappa shape index (κ2) is 9.41. The van der Waals surface area contributed by atoms with Gasteiger partial charge in [0.15, 0.2) is 0 Å². The molecule has 0 aliphatic heterocycles. The van der Waals surface area contributed by atoms with E-state index in [0.29, 0.717) is 22.2 Å². The molecule has 3 aromatic rings. The summed E-state index contributed by atoms with van der Waals surface area (Å²) >= 11 is 6.28. The van der Waals surface area contributed by atoms with Crippen molar-refractivity contribution < 1.29 is 14.3 Å². The number of carbonyl (C=O) groups excluding carboxylic acids is 1. The number of aromatic nitrogens is 1. The Morgan fingerprint density at radius 2 is 1.90 bits per heavy atom. The van der Waals surface area contributed by atoms with Gasteiger partial charge < -0.3 is 19.4 Å². The highest BCUT2D eigenvalue weighted by Gasteiger charge is 2.15. The Labute approximate surface area is 186 Å². The van der Waals surface area contributed by atoms with Crippen LogP contribution in [0, 0.1) is 25.2 Å². The van der Waals surface area contributed by atoms with Gasteiger partial charge in [0.05, 0.1) is 19.2 Å². The van der Waals surface area contributed by atoms with Crippen LogP contribution < -0.4 is 14.8 Å². The monoisotopic (exact) mass is 435 g/mol. The molecule has 0 fully saturated rings. The fourth-order valence-corrected chi connectivity index (χ4v) is 3.58. The number of nitrogens with one attached hydrogen (secondary N) is 1. The summed E-state index contributed by atoms with van der Waals surface area (Å²) in [7, 11) is 3.11. The molecule has 0 spiro atoms. The number of anilines is 1. The molecular formula is C24H22ClN3O3. The number of amides is 1. The molecule has 2 aromatic carbocycles. The predicted octanol–water partition coefficient (Wildman–Crippen LogP) is 5.31. The minimum absolute atomic E-state index is 0.00386. The molecule has 0 aliphatic rings. The molecule has 0 saturated heterocycles. The molecule has 6 nitrogen and oxygen atoms in total. The number of carbonyl (C=O) groups is 1. The molecule has 1 N–H and O–H groups in total. The Morgan fingerprint density at radius 1 is 1.13 bits per heavy atom. The Bertz CT molecular complexity index is 1210. The number of halogens is 1. The minimum Gasteiger partial charge on any atom is -0.497 e. The largest absolute Gasteiger partial charge is 0.497 e. The molecule has 0 unspecified atom stereocenters. The van der Waals surface area contributed by atoms with Gasteiger partial charge in [-0.3, -0.25) is 4.79 Å². The zero-order valence-electron chi connectivity index (χ0n) is 17.7. The Kier molecular flexibility index (Phi) is 6.68. The number of hydrogen-bond donors (Lipinski definition) is 1. The summed E-state index contributed by atoms with van der Waals surface area (Å²) in [4.78, 5) is 12.7. The summed E-state index contributed by atoms with van der Waals surface area (Å²) in [5.41, 5.74) is 3.98. The van der Waals surface area contributed by atoms with Gasteiger partial charge in [-0.25, -0.2) is 0 Å². The lowest BCUT2D eigenvalue weighted by Gasteiger charge is -2.12. The van der Waals surface area contributed by atoms with Gasteiger partial charge in [-0.1, -0.05) is 17.7 Å². The summed E-state index contributed by atoms with van der Waals surface area (Å²) in [5, 5.41) is 12.8. The fraction of sp³-hybridized carbons (Fsp3) is 0.167. The van der Waals surface area contributed by atoms with E-state index in [2.05, 4.69) is 5.32 Å². The molecule has 0 saturated carbocycles. The van der Waals surface area contributed by atoms with Gasteiger partial charge in [0.2, 0.25) is 0 Å². The van der Waals surface area contributed by atoms with Crippen LogP contribution in [-0.4, -0.2) is 24.7 Å². The standard InChI is InChI=1S/C24H22ClN3O3/c1-15-10-17(16(2)28(15)20-8-9-23(31-4)22(25)13-20)11-18(14-26)24(29)27-19-6-5-7-21(12-19)30-3/h5-13H,1-4H3,(H,27,29)/b18-11-. The van der Waals surface area contributed by atoms with E-state index in [1.165, 1.54) is 0 Å². The maximum absolute atomic E-state index is 12.7. The Balaban J connectivity index is 1.93. The Hall–Kier alpha value is -3.69. The average Bonchev–Trinajstić information content (AvgIpc) is 3.04. The summed E-state index contributed by atoms with van der Waals surface area (Å²) in [6, 6.07) is 16.4. The van der Waals surface area contributed by atoms with Crippen molar-refractivity contribution in [2.45, 2.75) is 13.8 Å². The van der Waals surface area contributed by atoms with Crippen molar-refractivity contribution in [2.75, 3.05) is 19.5 Å². The lowest BCUT2D eigenvalue weighted by molar-refractivity contribution is -0.112. The first-order valence-corrected chi connectivity index (χ1v) is 9.85. The van der Waals surface area contributed by atoms with Crippen LogP contribution in [0.3, 0.4) is 0 Å². The van der Waals surface area contributed by atoms with Crippen LogP contribution in [0.2, 0.25) is 5.02 Å². The zero-order valence-corrected chi connectivity index (χ0v) is 18.4. The third-order valence-corrected chi connectivity index (χ3v) is 5.15. The smallest absolute Gasteiger partial charge is 0.266 e. The van der Waals surface area contributed by atoms with Crippen LogP contribution in [0.5, 0.6) is 11.5 Å². The van der Waals surface area contributed by atoms with E-state index in [0.717, 1.165) is 22.6 Å². The van der Waals surface area contributed by atoms with Crippen molar-refractivity contribution in [1.29, 1.82) is 5.26 Å². The maximum Gasteiger partial charge on any atom is 0.266 e. The highest BCUT2D eigenvalue weighted by molar-refractivity contribution is 6.32. The molecule has 158 valence electrons. The van der Waals surface area contributed by atoms with E-state index >= 15 is 0 Å². The summed E-state index contributed by atoms with van der Waals surface area (Å²) < 4.78 is 12.4. The lowest BCUT2D eigenvalue weighted by atomic mass is 10.1. The van der Waals surface area contributed by atoms with Crippen molar-refractivity contribution in [1.82, 2.24) is 4.57 Å². The maximum atomic E-state index is 12.7. The van der Waals surface area contributed by atoms with E-state index in [9.17, 15) is 10.1 Å². The topological polar surface area (TPSA) is 76.3 Å². The van der Waals surface area contributed by atoms with Gasteiger partial charge in [0.25, 0.3) is 5.91 Å². The number of nitrogens with zero attached hydrogens (tertiary/aromatic N) is 2. The zero-order chi connectivity index (χ0) is 22.5. The van der Waals surface area contributed by atoms with Crippen LogP contribution in [0.25, 0.3) is 11.8 Å². The van der Waals surface area contributed by atoms with Crippen LogP contribution in [0.1, 0.15) is 17.0 Å². The number of rotatable bonds is 6. The van der Waals surface area contributed by atoms with Crippen molar-refractivity contribution in [3.8, 4) is 23.3 Å². The molecule has 1 heterocycles. The number of ether oxygens (including phenoxy) is 2. The molecular weight excluding hydrogens is 414 g/mol. The first-order valence-electron chi connectivity index (χ1n) is 9.48. The van der Waals surface area contributed by atoms with Crippen LogP contribution >= 0.6 is 11.6 Å². The van der Waals surface area contributed by atoms with Crippen LogP contribution in [-0.2, 0) is 4.79 Å². The van der Waals surface area contributed by atoms with E-state index in [4.69, 9.17) is 21.1 Å². The molecule has 1 amide bonds. The van der Waals surface area contributed by atoms with E-state index in [1.54, 1.807) is 50.6 Å². The first kappa shape index (κ1) is 22.0. The highest BCUT2D eigenvalue weighted by Crippen LogP contribution is 2.30. The lowest BCUT2D eigenvalue weighted by Crippen LogP contribution is -2.13. The average molecular weight is 436 g/mol. The summed E-state index contributed by atoms with van der Waals surface area (Å²) in [6.07, 6.45) is 1.58. The first-order chi connectivity index (χ1) is 14.9. The van der Waals surface area contributed by atoms with Crippen LogP contribution in [0.15, 0.2) is 54.1 Å². The second-order valence-corrected chi connectivity index (χ2v) is 7.24. The second-order valence-electron chi connectivity index (χ2n) is 6.84. The highest BCUT2D eigenvalue weighted by atomic mass is 35.5. The molecule has 3 rings (SSSR count).